The summed E-state index contributed by atoms with van der Waals surface area (Å²) in [4.78, 5) is 6.94. The Hall–Kier alpha value is -3.04. The number of nitrogens with zero attached hydrogens (tertiary/aromatic N) is 6. The Morgan fingerprint density at radius 2 is 2.07 bits per heavy atom. The van der Waals surface area contributed by atoms with E-state index in [-0.39, 0.29) is 0 Å². The first-order valence-corrected chi connectivity index (χ1v) is 9.54. The summed E-state index contributed by atoms with van der Waals surface area (Å²) in [7, 11) is 0. The van der Waals surface area contributed by atoms with Gasteiger partial charge < -0.3 is 15.0 Å². The highest BCUT2D eigenvalue weighted by Gasteiger charge is 2.14. The van der Waals surface area contributed by atoms with Gasteiger partial charge in [0.2, 0.25) is 5.13 Å². The van der Waals surface area contributed by atoms with Gasteiger partial charge in [0.15, 0.2) is 5.65 Å². The van der Waals surface area contributed by atoms with Crippen molar-refractivity contribution in [2.45, 2.75) is 0 Å². The van der Waals surface area contributed by atoms with Crippen molar-refractivity contribution in [3.63, 3.8) is 0 Å². The molecule has 0 spiro atoms. The molecule has 27 heavy (non-hydrogen) atoms. The molecule has 136 valence electrons. The zero-order valence-electron chi connectivity index (χ0n) is 14.4. The van der Waals surface area contributed by atoms with Gasteiger partial charge in [-0.25, -0.2) is 9.50 Å². The van der Waals surface area contributed by atoms with Crippen LogP contribution in [-0.2, 0) is 4.74 Å². The van der Waals surface area contributed by atoms with Crippen molar-refractivity contribution in [3.05, 3.63) is 48.4 Å². The van der Waals surface area contributed by atoms with Crippen molar-refractivity contribution >= 4 is 33.5 Å². The van der Waals surface area contributed by atoms with Crippen LogP contribution in [0.4, 0.5) is 16.5 Å². The minimum absolute atomic E-state index is 0.747. The van der Waals surface area contributed by atoms with Gasteiger partial charge in [0.05, 0.1) is 37.5 Å². The predicted molar refractivity (Wildman–Crippen MR) is 105 cm³/mol. The van der Waals surface area contributed by atoms with Crippen LogP contribution in [0.5, 0.6) is 0 Å². The quantitative estimate of drug-likeness (QED) is 0.584. The molecule has 4 heterocycles. The van der Waals surface area contributed by atoms with Crippen molar-refractivity contribution in [3.8, 4) is 11.1 Å². The van der Waals surface area contributed by atoms with E-state index < -0.39 is 0 Å². The summed E-state index contributed by atoms with van der Waals surface area (Å²) in [5, 5.41) is 16.4. The maximum absolute atomic E-state index is 5.42. The van der Waals surface area contributed by atoms with E-state index in [0.29, 0.717) is 0 Å². The summed E-state index contributed by atoms with van der Waals surface area (Å²) >= 11 is 1.46. The van der Waals surface area contributed by atoms with E-state index >= 15 is 0 Å². The molecule has 1 aliphatic heterocycles. The minimum atomic E-state index is 0.747. The van der Waals surface area contributed by atoms with Crippen LogP contribution < -0.4 is 10.2 Å². The van der Waals surface area contributed by atoms with E-state index in [1.165, 1.54) is 11.3 Å². The van der Waals surface area contributed by atoms with Gasteiger partial charge in [0.1, 0.15) is 5.51 Å². The molecule has 3 aromatic heterocycles. The molecule has 0 aliphatic carbocycles. The van der Waals surface area contributed by atoms with E-state index in [9.17, 15) is 0 Å². The number of rotatable bonds is 4. The molecule has 0 unspecified atom stereocenters. The standard InChI is InChI=1S/C18H17N7OS/c1-2-13(8-14(3-1)22-18-23-20-12-27-18)16-10-21-25-11-15(9-19-17(16)25)24-4-6-26-7-5-24/h1-3,8-12H,4-7H2,(H,22,23). The number of nitrogens with one attached hydrogen (secondary N) is 1. The highest BCUT2D eigenvalue weighted by atomic mass is 32.1. The highest BCUT2D eigenvalue weighted by Crippen LogP contribution is 2.28. The Balaban J connectivity index is 1.46. The lowest BCUT2D eigenvalue weighted by molar-refractivity contribution is 0.122. The summed E-state index contributed by atoms with van der Waals surface area (Å²) in [5.41, 5.74) is 6.59. The molecular weight excluding hydrogens is 362 g/mol. The number of hydrogen-bond donors (Lipinski definition) is 1. The SMILES string of the molecule is c1cc(Nc2nncs2)cc(-c2cnn3cc(N4CCOCC4)cnc23)c1. The van der Waals surface area contributed by atoms with Gasteiger partial charge in [-0.2, -0.15) is 5.10 Å². The predicted octanol–water partition coefficient (Wildman–Crippen LogP) is 2.83. The molecule has 0 saturated carbocycles. The molecular formula is C18H17N7OS. The van der Waals surface area contributed by atoms with Crippen molar-refractivity contribution in [1.29, 1.82) is 0 Å². The average molecular weight is 379 g/mol. The van der Waals surface area contributed by atoms with Crippen LogP contribution in [0.3, 0.4) is 0 Å². The number of aromatic nitrogens is 5. The number of morpholine rings is 1. The van der Waals surface area contributed by atoms with Gasteiger partial charge in [-0.3, -0.25) is 0 Å². The molecule has 8 nitrogen and oxygen atoms in total. The van der Waals surface area contributed by atoms with Crippen LogP contribution in [-0.4, -0.2) is 51.1 Å². The third kappa shape index (κ3) is 3.22. The summed E-state index contributed by atoms with van der Waals surface area (Å²) < 4.78 is 7.26. The fraction of sp³-hybridized carbons (Fsp3) is 0.222. The van der Waals surface area contributed by atoms with Crippen LogP contribution in [0, 0.1) is 0 Å². The fourth-order valence-electron chi connectivity index (χ4n) is 3.17. The van der Waals surface area contributed by atoms with Crippen molar-refractivity contribution in [2.24, 2.45) is 0 Å². The third-order valence-electron chi connectivity index (χ3n) is 4.50. The molecule has 1 aliphatic rings. The van der Waals surface area contributed by atoms with Gasteiger partial charge >= 0.3 is 0 Å². The first-order valence-electron chi connectivity index (χ1n) is 8.66. The second-order valence-electron chi connectivity index (χ2n) is 6.19. The first kappa shape index (κ1) is 16.2. The van der Waals surface area contributed by atoms with Crippen LogP contribution in [0.1, 0.15) is 0 Å². The van der Waals surface area contributed by atoms with Gasteiger partial charge in [0, 0.05) is 24.3 Å². The van der Waals surface area contributed by atoms with Gasteiger partial charge in [-0.1, -0.05) is 23.5 Å². The molecule has 1 aromatic carbocycles. The van der Waals surface area contributed by atoms with E-state index in [1.807, 2.05) is 35.2 Å². The zero-order chi connectivity index (χ0) is 18.1. The first-order chi connectivity index (χ1) is 13.4. The zero-order valence-corrected chi connectivity index (χ0v) is 15.3. The molecule has 4 aromatic rings. The molecule has 0 amide bonds. The summed E-state index contributed by atoms with van der Waals surface area (Å²) in [6, 6.07) is 8.13. The Labute approximate surface area is 159 Å². The molecule has 1 N–H and O–H groups in total. The lowest BCUT2D eigenvalue weighted by atomic mass is 10.1. The summed E-state index contributed by atoms with van der Waals surface area (Å²) in [6.45, 7) is 3.24. The Morgan fingerprint density at radius 1 is 1.15 bits per heavy atom. The van der Waals surface area contributed by atoms with E-state index in [0.717, 1.165) is 59.6 Å². The number of benzene rings is 1. The van der Waals surface area contributed by atoms with Gasteiger partial charge in [0.25, 0.3) is 0 Å². The third-order valence-corrected chi connectivity index (χ3v) is 5.11. The maximum atomic E-state index is 5.42. The second-order valence-corrected chi connectivity index (χ2v) is 7.02. The monoisotopic (exact) mass is 379 g/mol. The normalized spacial score (nSPS) is 14.6. The number of ether oxygens (including phenoxy) is 1. The second kappa shape index (κ2) is 6.93. The molecule has 5 rings (SSSR count). The topological polar surface area (TPSA) is 80.5 Å². The lowest BCUT2D eigenvalue weighted by Gasteiger charge is -2.28. The number of hydrogen-bond acceptors (Lipinski definition) is 8. The van der Waals surface area contributed by atoms with Crippen molar-refractivity contribution in [2.75, 3.05) is 36.5 Å². The van der Waals surface area contributed by atoms with Crippen molar-refractivity contribution in [1.82, 2.24) is 24.8 Å². The Kier molecular flexibility index (Phi) is 4.15. The van der Waals surface area contributed by atoms with E-state index in [1.54, 1.807) is 5.51 Å². The minimum Gasteiger partial charge on any atom is -0.378 e. The van der Waals surface area contributed by atoms with E-state index in [2.05, 4.69) is 42.6 Å². The molecule has 0 bridgehead atoms. The fourth-order valence-corrected chi connectivity index (χ4v) is 3.63. The maximum Gasteiger partial charge on any atom is 0.209 e. The molecule has 1 saturated heterocycles. The molecule has 0 atom stereocenters. The van der Waals surface area contributed by atoms with Crippen LogP contribution >= 0.6 is 11.3 Å². The van der Waals surface area contributed by atoms with Crippen LogP contribution in [0.15, 0.2) is 48.4 Å². The molecule has 0 radical (unpaired) electrons. The van der Waals surface area contributed by atoms with Gasteiger partial charge in [-0.15, -0.1) is 10.2 Å². The average Bonchev–Trinajstić information content (AvgIpc) is 3.38. The summed E-state index contributed by atoms with van der Waals surface area (Å²) in [6.07, 6.45) is 5.80. The van der Waals surface area contributed by atoms with E-state index in [4.69, 9.17) is 4.74 Å². The highest BCUT2D eigenvalue weighted by molar-refractivity contribution is 7.13. The number of fused-ring (bicyclic) bond motifs is 1. The van der Waals surface area contributed by atoms with Gasteiger partial charge in [-0.05, 0) is 17.7 Å². The number of anilines is 3. The van der Waals surface area contributed by atoms with Crippen LogP contribution in [0.25, 0.3) is 16.8 Å². The van der Waals surface area contributed by atoms with Crippen molar-refractivity contribution < 1.29 is 4.74 Å². The Morgan fingerprint density at radius 3 is 2.93 bits per heavy atom. The Bertz CT molecular complexity index is 1060. The summed E-state index contributed by atoms with van der Waals surface area (Å²) in [5.74, 6) is 0. The smallest absolute Gasteiger partial charge is 0.209 e. The largest absolute Gasteiger partial charge is 0.378 e. The lowest BCUT2D eigenvalue weighted by Crippen LogP contribution is -2.36. The molecule has 1 fully saturated rings. The molecule has 9 heteroatoms. The van der Waals surface area contributed by atoms with Crippen LogP contribution in [0.2, 0.25) is 0 Å².